The number of rotatable bonds is 4. The predicted octanol–water partition coefficient (Wildman–Crippen LogP) is 3.56. The third-order valence-corrected chi connectivity index (χ3v) is 3.90. The summed E-state index contributed by atoms with van der Waals surface area (Å²) in [6, 6.07) is -0.796. The number of carbonyl (C=O) groups is 3. The molecule has 7 nitrogen and oxygen atoms in total. The third kappa shape index (κ3) is 13.1. The fraction of sp³-hybridized carbons (Fsp3) is 0.850. The van der Waals surface area contributed by atoms with Crippen molar-refractivity contribution in [2.45, 2.75) is 91.7 Å². The minimum absolute atomic E-state index is 0.279. The van der Waals surface area contributed by atoms with E-state index in [0.717, 1.165) is 0 Å². The lowest BCUT2D eigenvalue weighted by Crippen LogP contribution is -2.52. The molecule has 0 radical (unpaired) electrons. The van der Waals surface area contributed by atoms with Crippen LogP contribution in [0.5, 0.6) is 0 Å². The molecule has 0 heterocycles. The van der Waals surface area contributed by atoms with Crippen molar-refractivity contribution in [1.82, 2.24) is 10.6 Å². The highest BCUT2D eigenvalue weighted by molar-refractivity contribution is 5.87. The molecular weight excluding hydrogens is 348 g/mol. The van der Waals surface area contributed by atoms with Crippen LogP contribution in [0.3, 0.4) is 0 Å². The van der Waals surface area contributed by atoms with E-state index in [1.54, 1.807) is 41.5 Å². The second-order valence-electron chi connectivity index (χ2n) is 8.87. The molecule has 0 aromatic heterocycles. The molecule has 1 aliphatic rings. The molecule has 0 aromatic rings. The van der Waals surface area contributed by atoms with E-state index in [1.807, 2.05) is 0 Å². The second kappa shape index (κ2) is 11.8. The Morgan fingerprint density at radius 1 is 0.889 bits per heavy atom. The van der Waals surface area contributed by atoms with Gasteiger partial charge in [-0.3, -0.25) is 4.79 Å². The van der Waals surface area contributed by atoms with E-state index in [1.165, 1.54) is 45.6 Å². The van der Waals surface area contributed by atoms with Crippen LogP contribution in [0.2, 0.25) is 0 Å². The van der Waals surface area contributed by atoms with Crippen LogP contribution in [0.4, 0.5) is 4.79 Å². The minimum Gasteiger partial charge on any atom is -0.467 e. The van der Waals surface area contributed by atoms with Crippen LogP contribution < -0.4 is 10.6 Å². The number of carbonyl (C=O) groups excluding carboxylic acids is 3. The number of hydrogen-bond donors (Lipinski definition) is 2. The van der Waals surface area contributed by atoms with Crippen LogP contribution in [0.25, 0.3) is 0 Å². The normalized spacial score (nSPS) is 15.5. The van der Waals surface area contributed by atoms with Gasteiger partial charge in [0.05, 0.1) is 7.11 Å². The third-order valence-electron chi connectivity index (χ3n) is 3.90. The van der Waals surface area contributed by atoms with Gasteiger partial charge in [-0.15, -0.1) is 0 Å². The zero-order valence-corrected chi connectivity index (χ0v) is 18.1. The van der Waals surface area contributed by atoms with Gasteiger partial charge in [0.25, 0.3) is 0 Å². The molecule has 1 atom stereocenters. The fourth-order valence-corrected chi connectivity index (χ4v) is 2.49. The molecular formula is C20H38N2O5. The van der Waals surface area contributed by atoms with Gasteiger partial charge in [0.2, 0.25) is 5.91 Å². The summed E-state index contributed by atoms with van der Waals surface area (Å²) in [7, 11) is 1.26. The highest BCUT2D eigenvalue weighted by Gasteiger charge is 2.33. The highest BCUT2D eigenvalue weighted by atomic mass is 16.6. The van der Waals surface area contributed by atoms with Gasteiger partial charge in [0.15, 0.2) is 0 Å². The van der Waals surface area contributed by atoms with Crippen LogP contribution >= 0.6 is 0 Å². The smallest absolute Gasteiger partial charge is 0.408 e. The number of alkyl carbamates (subject to hydrolysis) is 1. The van der Waals surface area contributed by atoms with Gasteiger partial charge < -0.3 is 20.1 Å². The number of amides is 2. The zero-order chi connectivity index (χ0) is 21.1. The van der Waals surface area contributed by atoms with Gasteiger partial charge in [-0.25, -0.2) is 9.59 Å². The van der Waals surface area contributed by atoms with Crippen LogP contribution in [0.1, 0.15) is 80.1 Å². The van der Waals surface area contributed by atoms with Crippen molar-refractivity contribution < 1.29 is 23.9 Å². The summed E-state index contributed by atoms with van der Waals surface area (Å²) in [4.78, 5) is 34.9. The molecule has 1 saturated carbocycles. The van der Waals surface area contributed by atoms with E-state index >= 15 is 0 Å². The standard InChI is InChI=1S/C14H26N2O5.C6H12/c1-13(2,3)10(11(18)20-7)16-9(17)8-15-12(19)21-14(4,5)6;1-2-4-6-5-3-1/h10H,8H2,1-7H3,(H,15,19)(H,16,17);1-6H2. The lowest BCUT2D eigenvalue weighted by Gasteiger charge is -2.29. The molecule has 7 heteroatoms. The van der Waals surface area contributed by atoms with Gasteiger partial charge in [0, 0.05) is 0 Å². The highest BCUT2D eigenvalue weighted by Crippen LogP contribution is 2.20. The predicted molar refractivity (Wildman–Crippen MR) is 105 cm³/mol. The van der Waals surface area contributed by atoms with E-state index in [2.05, 4.69) is 15.4 Å². The average Bonchev–Trinajstić information content (AvgIpc) is 2.57. The first-order chi connectivity index (χ1) is 12.4. The maximum Gasteiger partial charge on any atom is 0.408 e. The molecule has 1 fully saturated rings. The van der Waals surface area contributed by atoms with Crippen LogP contribution in [-0.4, -0.2) is 43.3 Å². The number of esters is 1. The minimum atomic E-state index is -0.796. The first-order valence-corrected chi connectivity index (χ1v) is 9.71. The lowest BCUT2D eigenvalue weighted by atomic mass is 9.86. The first-order valence-electron chi connectivity index (χ1n) is 9.71. The van der Waals surface area contributed by atoms with Crippen molar-refractivity contribution in [2.75, 3.05) is 13.7 Å². The van der Waals surface area contributed by atoms with Gasteiger partial charge in [-0.05, 0) is 26.2 Å². The van der Waals surface area contributed by atoms with E-state index in [9.17, 15) is 14.4 Å². The molecule has 158 valence electrons. The number of ether oxygens (including phenoxy) is 2. The summed E-state index contributed by atoms with van der Waals surface area (Å²) < 4.78 is 9.67. The number of hydrogen-bond acceptors (Lipinski definition) is 5. The summed E-state index contributed by atoms with van der Waals surface area (Å²) in [5, 5.41) is 4.87. The van der Waals surface area contributed by atoms with E-state index in [0.29, 0.717) is 0 Å². The average molecular weight is 387 g/mol. The van der Waals surface area contributed by atoms with E-state index < -0.39 is 35.0 Å². The van der Waals surface area contributed by atoms with Crippen LogP contribution in [0, 0.1) is 5.41 Å². The van der Waals surface area contributed by atoms with Crippen molar-refractivity contribution in [3.8, 4) is 0 Å². The molecule has 0 bridgehead atoms. The van der Waals surface area contributed by atoms with Crippen LogP contribution in [-0.2, 0) is 19.1 Å². The molecule has 1 unspecified atom stereocenters. The van der Waals surface area contributed by atoms with E-state index in [-0.39, 0.29) is 6.54 Å². The zero-order valence-electron chi connectivity index (χ0n) is 18.1. The molecule has 27 heavy (non-hydrogen) atoms. The molecule has 0 spiro atoms. The Labute approximate surface area is 163 Å². The molecule has 0 saturated heterocycles. The van der Waals surface area contributed by atoms with Crippen molar-refractivity contribution in [3.05, 3.63) is 0 Å². The molecule has 0 aromatic carbocycles. The summed E-state index contributed by atoms with van der Waals surface area (Å²) in [6.45, 7) is 10.3. The summed E-state index contributed by atoms with van der Waals surface area (Å²) >= 11 is 0. The van der Waals surface area contributed by atoms with Gasteiger partial charge in [0.1, 0.15) is 18.2 Å². The van der Waals surface area contributed by atoms with Crippen molar-refractivity contribution in [2.24, 2.45) is 5.41 Å². The second-order valence-corrected chi connectivity index (χ2v) is 8.87. The quantitative estimate of drug-likeness (QED) is 0.721. The molecule has 2 amide bonds. The largest absolute Gasteiger partial charge is 0.467 e. The molecule has 0 aliphatic heterocycles. The van der Waals surface area contributed by atoms with Gasteiger partial charge >= 0.3 is 12.1 Å². The van der Waals surface area contributed by atoms with Crippen molar-refractivity contribution in [1.29, 1.82) is 0 Å². The Kier molecular flexibility index (Phi) is 11.0. The summed E-state index contributed by atoms with van der Waals surface area (Å²) in [6.07, 6.45) is 8.31. The topological polar surface area (TPSA) is 93.7 Å². The SMILES string of the molecule is C1CCCCC1.COC(=O)C(NC(=O)CNC(=O)OC(C)(C)C)C(C)(C)C. The Hall–Kier alpha value is -1.79. The lowest BCUT2D eigenvalue weighted by molar-refractivity contribution is -0.148. The van der Waals surface area contributed by atoms with Crippen molar-refractivity contribution in [3.63, 3.8) is 0 Å². The molecule has 1 rings (SSSR count). The number of nitrogens with one attached hydrogen (secondary N) is 2. The number of methoxy groups -OCH3 is 1. The fourth-order valence-electron chi connectivity index (χ4n) is 2.49. The first kappa shape index (κ1) is 25.2. The maximum atomic E-state index is 11.8. The maximum absolute atomic E-state index is 11.8. The molecule has 2 N–H and O–H groups in total. The van der Waals surface area contributed by atoms with Gasteiger partial charge in [-0.1, -0.05) is 59.3 Å². The van der Waals surface area contributed by atoms with Crippen LogP contribution in [0.15, 0.2) is 0 Å². The summed E-state index contributed by atoms with van der Waals surface area (Å²) in [5.41, 5.74) is -1.14. The molecule has 1 aliphatic carbocycles. The Bertz CT molecular complexity index is 462. The Balaban J connectivity index is 0.000000941. The van der Waals surface area contributed by atoms with Crippen molar-refractivity contribution >= 4 is 18.0 Å². The Morgan fingerprint density at radius 2 is 1.33 bits per heavy atom. The monoisotopic (exact) mass is 386 g/mol. The van der Waals surface area contributed by atoms with E-state index in [4.69, 9.17) is 4.74 Å². The summed E-state index contributed by atoms with van der Waals surface area (Å²) in [5.74, 6) is -1.03. The Morgan fingerprint density at radius 3 is 1.67 bits per heavy atom. The van der Waals surface area contributed by atoms with Gasteiger partial charge in [-0.2, -0.15) is 0 Å².